The average molecular weight is 150 g/mol. The van der Waals surface area contributed by atoms with Crippen molar-refractivity contribution in [3.8, 4) is 5.75 Å². The molecule has 2 N–H and O–H groups in total. The molecule has 0 aromatic carbocycles. The summed E-state index contributed by atoms with van der Waals surface area (Å²) in [4.78, 5) is 3.88. The van der Waals surface area contributed by atoms with Crippen LogP contribution in [0.25, 0.3) is 0 Å². The van der Waals surface area contributed by atoms with E-state index >= 15 is 0 Å². The van der Waals surface area contributed by atoms with Gasteiger partial charge < -0.3 is 10.5 Å². The van der Waals surface area contributed by atoms with Crippen molar-refractivity contribution in [3.05, 3.63) is 36.8 Å². The molecule has 0 radical (unpaired) electrons. The topological polar surface area (TPSA) is 48.1 Å². The number of nitrogens with zero attached hydrogens (tertiary/aromatic N) is 1. The minimum Gasteiger partial charge on any atom is -0.488 e. The third-order valence-corrected chi connectivity index (χ3v) is 1.12. The summed E-state index contributed by atoms with van der Waals surface area (Å²) in [5.41, 5.74) is 5.12. The van der Waals surface area contributed by atoms with E-state index in [9.17, 15) is 0 Å². The van der Waals surface area contributed by atoms with Crippen LogP contribution in [0.3, 0.4) is 0 Å². The second-order valence-corrected chi connectivity index (χ2v) is 1.93. The van der Waals surface area contributed by atoms with Gasteiger partial charge in [0.05, 0.1) is 6.20 Å². The van der Waals surface area contributed by atoms with E-state index in [4.69, 9.17) is 10.5 Å². The van der Waals surface area contributed by atoms with Gasteiger partial charge in [-0.05, 0) is 24.4 Å². The summed E-state index contributed by atoms with van der Waals surface area (Å²) in [7, 11) is 0. The van der Waals surface area contributed by atoms with Gasteiger partial charge in [-0.2, -0.15) is 0 Å². The molecule has 58 valence electrons. The third-order valence-electron chi connectivity index (χ3n) is 1.12. The molecule has 0 unspecified atom stereocenters. The lowest BCUT2D eigenvalue weighted by atomic mass is 10.5. The Morgan fingerprint density at radius 1 is 1.64 bits per heavy atom. The summed E-state index contributed by atoms with van der Waals surface area (Å²) in [5, 5.41) is 0. The highest BCUT2D eigenvalue weighted by atomic mass is 16.5. The van der Waals surface area contributed by atoms with Crippen LogP contribution >= 0.6 is 0 Å². The van der Waals surface area contributed by atoms with Gasteiger partial charge in [-0.3, -0.25) is 4.98 Å². The van der Waals surface area contributed by atoms with Crippen molar-refractivity contribution in [3.63, 3.8) is 0 Å². The number of hydrogen-bond donors (Lipinski definition) is 1. The summed E-state index contributed by atoms with van der Waals surface area (Å²) >= 11 is 0. The standard InChI is InChI=1S/C8H10N2O/c9-4-2-6-11-8-3-1-5-10-7-8/h1-5,7H,6,9H2. The van der Waals surface area contributed by atoms with Gasteiger partial charge in [0.15, 0.2) is 0 Å². The highest BCUT2D eigenvalue weighted by Crippen LogP contribution is 2.05. The van der Waals surface area contributed by atoms with Crippen molar-refractivity contribution in [2.75, 3.05) is 6.61 Å². The zero-order chi connectivity index (χ0) is 7.94. The lowest BCUT2D eigenvalue weighted by Crippen LogP contribution is -1.94. The van der Waals surface area contributed by atoms with Gasteiger partial charge in [-0.1, -0.05) is 0 Å². The Kier molecular flexibility index (Phi) is 2.99. The van der Waals surface area contributed by atoms with Crippen molar-refractivity contribution >= 4 is 0 Å². The van der Waals surface area contributed by atoms with Gasteiger partial charge in [0, 0.05) is 6.20 Å². The normalized spacial score (nSPS) is 10.2. The van der Waals surface area contributed by atoms with Gasteiger partial charge in [0.1, 0.15) is 12.4 Å². The molecule has 0 atom stereocenters. The Bertz CT molecular complexity index is 221. The molecule has 0 spiro atoms. The highest BCUT2D eigenvalue weighted by Gasteiger charge is 1.86. The van der Waals surface area contributed by atoms with E-state index in [2.05, 4.69) is 4.98 Å². The minimum atomic E-state index is 0.488. The van der Waals surface area contributed by atoms with E-state index < -0.39 is 0 Å². The highest BCUT2D eigenvalue weighted by molar-refractivity contribution is 5.15. The largest absolute Gasteiger partial charge is 0.488 e. The maximum atomic E-state index is 5.22. The first kappa shape index (κ1) is 7.60. The van der Waals surface area contributed by atoms with Crippen LogP contribution in [0.5, 0.6) is 5.75 Å². The molecule has 11 heavy (non-hydrogen) atoms. The van der Waals surface area contributed by atoms with E-state index in [0.29, 0.717) is 6.61 Å². The van der Waals surface area contributed by atoms with Crippen molar-refractivity contribution in [2.24, 2.45) is 5.73 Å². The van der Waals surface area contributed by atoms with Crippen LogP contribution in [0.15, 0.2) is 36.8 Å². The SMILES string of the molecule is NC=CCOc1cccnc1. The Labute approximate surface area is 65.5 Å². The lowest BCUT2D eigenvalue weighted by Gasteiger charge is -1.99. The van der Waals surface area contributed by atoms with E-state index in [-0.39, 0.29) is 0 Å². The number of ether oxygens (including phenoxy) is 1. The van der Waals surface area contributed by atoms with Gasteiger partial charge in [-0.25, -0.2) is 0 Å². The summed E-state index contributed by atoms with van der Waals surface area (Å²) in [6.07, 6.45) is 6.54. The lowest BCUT2D eigenvalue weighted by molar-refractivity contribution is 0.361. The Hall–Kier alpha value is -1.51. The Morgan fingerprint density at radius 3 is 3.18 bits per heavy atom. The molecule has 3 heteroatoms. The number of hydrogen-bond acceptors (Lipinski definition) is 3. The van der Waals surface area contributed by atoms with Crippen molar-refractivity contribution in [1.29, 1.82) is 0 Å². The molecule has 0 saturated carbocycles. The van der Waals surface area contributed by atoms with Crippen LogP contribution in [0.2, 0.25) is 0 Å². The zero-order valence-electron chi connectivity index (χ0n) is 6.10. The first-order valence-electron chi connectivity index (χ1n) is 3.33. The minimum absolute atomic E-state index is 0.488. The van der Waals surface area contributed by atoms with E-state index in [0.717, 1.165) is 5.75 Å². The first-order valence-corrected chi connectivity index (χ1v) is 3.33. The van der Waals surface area contributed by atoms with Gasteiger partial charge >= 0.3 is 0 Å². The molecule has 0 saturated heterocycles. The maximum Gasteiger partial charge on any atom is 0.138 e. The smallest absolute Gasteiger partial charge is 0.138 e. The molecule has 1 rings (SSSR count). The molecule has 0 bridgehead atoms. The molecule has 0 aliphatic heterocycles. The average Bonchev–Trinajstić information content (AvgIpc) is 2.07. The fourth-order valence-electron chi connectivity index (χ4n) is 0.632. The maximum absolute atomic E-state index is 5.22. The predicted molar refractivity (Wildman–Crippen MR) is 43.1 cm³/mol. The molecule has 0 aliphatic carbocycles. The monoisotopic (exact) mass is 150 g/mol. The summed E-state index contributed by atoms with van der Waals surface area (Å²) in [6, 6.07) is 3.67. The van der Waals surface area contributed by atoms with Crippen LogP contribution in [0.4, 0.5) is 0 Å². The molecule has 1 heterocycles. The molecular weight excluding hydrogens is 140 g/mol. The number of aromatic nitrogens is 1. The Morgan fingerprint density at radius 2 is 2.55 bits per heavy atom. The van der Waals surface area contributed by atoms with E-state index in [1.807, 2.05) is 12.1 Å². The molecule has 0 aliphatic rings. The third kappa shape index (κ3) is 2.71. The summed E-state index contributed by atoms with van der Waals surface area (Å²) < 4.78 is 5.22. The van der Waals surface area contributed by atoms with Crippen LogP contribution in [-0.2, 0) is 0 Å². The van der Waals surface area contributed by atoms with Crippen LogP contribution in [0.1, 0.15) is 0 Å². The van der Waals surface area contributed by atoms with Crippen molar-refractivity contribution in [2.45, 2.75) is 0 Å². The quantitative estimate of drug-likeness (QED) is 0.697. The molecule has 1 aromatic heterocycles. The fraction of sp³-hybridized carbons (Fsp3) is 0.125. The molecule has 0 amide bonds. The van der Waals surface area contributed by atoms with E-state index in [1.165, 1.54) is 6.20 Å². The van der Waals surface area contributed by atoms with E-state index in [1.54, 1.807) is 18.5 Å². The van der Waals surface area contributed by atoms with Crippen molar-refractivity contribution in [1.82, 2.24) is 4.98 Å². The van der Waals surface area contributed by atoms with Crippen LogP contribution in [-0.4, -0.2) is 11.6 Å². The number of nitrogens with two attached hydrogens (primary N) is 1. The van der Waals surface area contributed by atoms with Crippen LogP contribution < -0.4 is 10.5 Å². The van der Waals surface area contributed by atoms with Gasteiger partial charge in [0.2, 0.25) is 0 Å². The van der Waals surface area contributed by atoms with Gasteiger partial charge in [-0.15, -0.1) is 0 Å². The zero-order valence-corrected chi connectivity index (χ0v) is 6.10. The molecule has 1 aromatic rings. The predicted octanol–water partition coefficient (Wildman–Crippen LogP) is 0.933. The fourth-order valence-corrected chi connectivity index (χ4v) is 0.632. The molecule has 3 nitrogen and oxygen atoms in total. The number of pyridine rings is 1. The summed E-state index contributed by atoms with van der Waals surface area (Å²) in [5.74, 6) is 0.755. The molecular formula is C8H10N2O. The van der Waals surface area contributed by atoms with Crippen molar-refractivity contribution < 1.29 is 4.74 Å². The summed E-state index contributed by atoms with van der Waals surface area (Å²) in [6.45, 7) is 0.488. The van der Waals surface area contributed by atoms with Crippen LogP contribution in [0, 0.1) is 0 Å². The second kappa shape index (κ2) is 4.33. The Balaban J connectivity index is 2.39. The number of rotatable bonds is 3. The second-order valence-electron chi connectivity index (χ2n) is 1.93. The first-order chi connectivity index (χ1) is 5.43. The van der Waals surface area contributed by atoms with Gasteiger partial charge in [0.25, 0.3) is 0 Å². The molecule has 0 fully saturated rings.